The van der Waals surface area contributed by atoms with Gasteiger partial charge in [-0.1, -0.05) is 35.9 Å². The van der Waals surface area contributed by atoms with Crippen LogP contribution in [0.1, 0.15) is 22.4 Å². The summed E-state index contributed by atoms with van der Waals surface area (Å²) in [7, 11) is -0.979. The number of nitrogens with one attached hydrogen (secondary N) is 1. The van der Waals surface area contributed by atoms with E-state index in [4.69, 9.17) is 4.74 Å². The second kappa shape index (κ2) is 7.59. The number of ether oxygens (including phenoxy) is 1. The summed E-state index contributed by atoms with van der Waals surface area (Å²) in [6.07, 6.45) is 0. The maximum Gasteiger partial charge on any atom is 0.263 e. The van der Waals surface area contributed by atoms with Gasteiger partial charge in [-0.3, -0.25) is 9.00 Å². The highest BCUT2D eigenvalue weighted by Crippen LogP contribution is 2.32. The molecule has 1 N–H and O–H groups in total. The fraction of sp³-hybridized carbons (Fsp3) is 0.238. The Morgan fingerprint density at radius 1 is 1.18 bits per heavy atom. The van der Waals surface area contributed by atoms with Gasteiger partial charge in [0.25, 0.3) is 5.91 Å². The van der Waals surface area contributed by atoms with Crippen molar-refractivity contribution < 1.29 is 13.7 Å². The van der Waals surface area contributed by atoms with Crippen LogP contribution in [-0.2, 0) is 27.1 Å². The lowest BCUT2D eigenvalue weighted by Crippen LogP contribution is -2.22. The largest absolute Gasteiger partial charge is 0.484 e. The van der Waals surface area contributed by atoms with Crippen LogP contribution in [0.2, 0.25) is 0 Å². The van der Waals surface area contributed by atoms with E-state index in [2.05, 4.69) is 16.5 Å². The number of nitrogens with zero attached hydrogens (tertiary/aromatic N) is 2. The number of aromatic nitrogens is 2. The molecular weight excluding hydrogens is 374 g/mol. The minimum Gasteiger partial charge on any atom is -0.484 e. The molecule has 1 aliphatic heterocycles. The van der Waals surface area contributed by atoms with Gasteiger partial charge in [-0.05, 0) is 37.6 Å². The Bertz CT molecular complexity index is 1060. The summed E-state index contributed by atoms with van der Waals surface area (Å²) in [5, 5.41) is 7.57. The van der Waals surface area contributed by atoms with Gasteiger partial charge in [-0.25, -0.2) is 4.68 Å². The lowest BCUT2D eigenvalue weighted by molar-refractivity contribution is -0.118. The average Bonchev–Trinajstić information content (AvgIpc) is 3.18. The minimum absolute atomic E-state index is 0.111. The highest BCUT2D eigenvalue weighted by Gasteiger charge is 2.28. The fourth-order valence-corrected chi connectivity index (χ4v) is 4.57. The molecule has 144 valence electrons. The molecular formula is C21H21N3O3S. The fourth-order valence-electron chi connectivity index (χ4n) is 3.31. The number of rotatable bonds is 5. The number of para-hydroxylation sites is 1. The van der Waals surface area contributed by atoms with Gasteiger partial charge >= 0.3 is 0 Å². The van der Waals surface area contributed by atoms with E-state index in [1.165, 1.54) is 0 Å². The van der Waals surface area contributed by atoms with Crippen molar-refractivity contribution in [3.8, 4) is 11.4 Å². The van der Waals surface area contributed by atoms with Crippen LogP contribution in [0, 0.1) is 13.8 Å². The number of aryl methyl sites for hydroxylation is 2. The molecule has 1 atom stereocenters. The molecule has 0 radical (unpaired) electrons. The van der Waals surface area contributed by atoms with E-state index in [-0.39, 0.29) is 12.5 Å². The maximum absolute atomic E-state index is 12.5. The lowest BCUT2D eigenvalue weighted by atomic mass is 10.1. The van der Waals surface area contributed by atoms with Crippen LogP contribution in [-0.4, -0.2) is 26.5 Å². The molecule has 0 bridgehead atoms. The minimum atomic E-state index is -0.979. The number of carbonyl (C=O) groups excluding carboxylic acids is 1. The maximum atomic E-state index is 12.5. The summed E-state index contributed by atoms with van der Waals surface area (Å²) in [5.74, 6) is 1.74. The third kappa shape index (κ3) is 3.71. The van der Waals surface area contributed by atoms with Crippen LogP contribution in [0.15, 0.2) is 48.5 Å². The van der Waals surface area contributed by atoms with Crippen molar-refractivity contribution in [2.24, 2.45) is 0 Å². The Morgan fingerprint density at radius 3 is 2.71 bits per heavy atom. The first-order chi connectivity index (χ1) is 13.5. The second-order valence-electron chi connectivity index (χ2n) is 6.85. The molecule has 0 spiro atoms. The molecule has 3 aromatic rings. The van der Waals surface area contributed by atoms with Gasteiger partial charge in [-0.2, -0.15) is 5.10 Å². The van der Waals surface area contributed by atoms with Gasteiger partial charge in [-0.15, -0.1) is 0 Å². The molecule has 0 saturated heterocycles. The van der Waals surface area contributed by atoms with E-state index >= 15 is 0 Å². The van der Waals surface area contributed by atoms with Gasteiger partial charge in [0.05, 0.1) is 22.9 Å². The van der Waals surface area contributed by atoms with Crippen LogP contribution in [0.25, 0.3) is 5.69 Å². The number of amides is 1. The topological polar surface area (TPSA) is 73.2 Å². The molecule has 1 amide bonds. The molecule has 1 aromatic heterocycles. The number of anilines is 1. The molecule has 2 aromatic carbocycles. The molecule has 0 fully saturated rings. The smallest absolute Gasteiger partial charge is 0.263 e. The molecule has 1 aliphatic rings. The molecule has 6 nitrogen and oxygen atoms in total. The molecule has 0 aliphatic carbocycles. The summed E-state index contributed by atoms with van der Waals surface area (Å²) < 4.78 is 19.3. The van der Waals surface area contributed by atoms with E-state index in [0.717, 1.165) is 28.1 Å². The van der Waals surface area contributed by atoms with Gasteiger partial charge in [0.2, 0.25) is 0 Å². The standard InChI is InChI=1S/C21H21N3O3S/c1-14-8-9-19(15(2)10-14)24-21(17-12-28(26)13-18(17)23-24)22-20(25)11-27-16-6-4-3-5-7-16/h3-10H,11-13H2,1-2H3,(H,22,25). The van der Waals surface area contributed by atoms with E-state index in [1.807, 2.05) is 44.2 Å². The summed E-state index contributed by atoms with van der Waals surface area (Å²) in [6, 6.07) is 15.3. The Balaban J connectivity index is 1.62. The SMILES string of the molecule is Cc1ccc(-n2nc3c(c2NC(=O)COc2ccccc2)CS(=O)C3)c(C)c1. The highest BCUT2D eigenvalue weighted by molar-refractivity contribution is 7.83. The number of carbonyl (C=O) groups is 1. The predicted octanol–water partition coefficient (Wildman–Crippen LogP) is 3.27. The van der Waals surface area contributed by atoms with Crippen molar-refractivity contribution in [2.75, 3.05) is 11.9 Å². The van der Waals surface area contributed by atoms with E-state index in [0.29, 0.717) is 23.1 Å². The first-order valence-corrected chi connectivity index (χ1v) is 10.5. The second-order valence-corrected chi connectivity index (χ2v) is 8.31. The van der Waals surface area contributed by atoms with Crippen LogP contribution < -0.4 is 10.1 Å². The number of fused-ring (bicyclic) bond motifs is 1. The van der Waals surface area contributed by atoms with Gasteiger partial charge in [0.15, 0.2) is 6.61 Å². The summed E-state index contributed by atoms with van der Waals surface area (Å²) in [5.41, 5.74) is 4.72. The van der Waals surface area contributed by atoms with Gasteiger partial charge in [0.1, 0.15) is 11.6 Å². The first-order valence-electron chi connectivity index (χ1n) is 9.02. The summed E-state index contributed by atoms with van der Waals surface area (Å²) in [4.78, 5) is 12.5. The van der Waals surface area contributed by atoms with Crippen molar-refractivity contribution in [1.29, 1.82) is 0 Å². The van der Waals surface area contributed by atoms with Crippen molar-refractivity contribution in [2.45, 2.75) is 25.4 Å². The number of hydrogen-bond acceptors (Lipinski definition) is 4. The van der Waals surface area contributed by atoms with E-state index < -0.39 is 10.8 Å². The monoisotopic (exact) mass is 395 g/mol. The average molecular weight is 395 g/mol. The van der Waals surface area contributed by atoms with E-state index in [1.54, 1.807) is 16.8 Å². The quantitative estimate of drug-likeness (QED) is 0.720. The number of benzene rings is 2. The predicted molar refractivity (Wildman–Crippen MR) is 109 cm³/mol. The molecule has 28 heavy (non-hydrogen) atoms. The van der Waals surface area contributed by atoms with Crippen molar-refractivity contribution in [3.05, 3.63) is 70.9 Å². The Morgan fingerprint density at radius 2 is 1.96 bits per heavy atom. The third-order valence-electron chi connectivity index (χ3n) is 4.62. The molecule has 4 rings (SSSR count). The molecule has 1 unspecified atom stereocenters. The van der Waals surface area contributed by atoms with Crippen LogP contribution in [0.4, 0.5) is 5.82 Å². The Labute approximate surface area is 166 Å². The number of hydrogen-bond donors (Lipinski definition) is 1. The normalized spacial score (nSPS) is 15.3. The molecule has 7 heteroatoms. The lowest BCUT2D eigenvalue weighted by Gasteiger charge is -2.14. The first kappa shape index (κ1) is 18.4. The van der Waals surface area contributed by atoms with Crippen LogP contribution in [0.5, 0.6) is 5.75 Å². The van der Waals surface area contributed by atoms with E-state index in [9.17, 15) is 9.00 Å². The van der Waals surface area contributed by atoms with Crippen LogP contribution in [0.3, 0.4) is 0 Å². The molecule has 0 saturated carbocycles. The zero-order valence-corrected chi connectivity index (χ0v) is 16.6. The zero-order valence-electron chi connectivity index (χ0n) is 15.8. The third-order valence-corrected chi connectivity index (χ3v) is 5.83. The van der Waals surface area contributed by atoms with Gasteiger partial charge in [0, 0.05) is 16.4 Å². The Kier molecular flexibility index (Phi) is 5.00. The molecule has 2 heterocycles. The van der Waals surface area contributed by atoms with Crippen molar-refractivity contribution in [3.63, 3.8) is 0 Å². The van der Waals surface area contributed by atoms with Crippen molar-refractivity contribution >= 4 is 22.5 Å². The van der Waals surface area contributed by atoms with Crippen molar-refractivity contribution in [1.82, 2.24) is 9.78 Å². The summed E-state index contributed by atoms with van der Waals surface area (Å²) in [6.45, 7) is 3.93. The zero-order chi connectivity index (χ0) is 19.7. The van der Waals surface area contributed by atoms with Crippen LogP contribution >= 0.6 is 0 Å². The Hall–Kier alpha value is -2.93. The highest BCUT2D eigenvalue weighted by atomic mass is 32.2. The summed E-state index contributed by atoms with van der Waals surface area (Å²) >= 11 is 0. The van der Waals surface area contributed by atoms with Gasteiger partial charge < -0.3 is 10.1 Å².